The highest BCUT2D eigenvalue weighted by Crippen LogP contribution is 2.29. The van der Waals surface area contributed by atoms with Crippen LogP contribution in [0, 0.1) is 17.6 Å². The summed E-state index contributed by atoms with van der Waals surface area (Å²) in [5.74, 6) is -8.62. The number of alkyl halides is 3. The predicted octanol–water partition coefficient (Wildman–Crippen LogP) is 2.49. The van der Waals surface area contributed by atoms with E-state index in [0.29, 0.717) is 37.5 Å². The Labute approximate surface area is 229 Å². The van der Waals surface area contributed by atoms with Crippen molar-refractivity contribution in [2.45, 2.75) is 56.9 Å². The van der Waals surface area contributed by atoms with E-state index in [4.69, 9.17) is 0 Å². The van der Waals surface area contributed by atoms with E-state index in [1.165, 1.54) is 0 Å². The number of Topliss-reactive ketones (excluding diaryl/α,β-unsaturated/α-hetero) is 1. The van der Waals surface area contributed by atoms with Gasteiger partial charge in [0.15, 0.2) is 11.6 Å². The van der Waals surface area contributed by atoms with Crippen molar-refractivity contribution in [2.24, 2.45) is 5.92 Å². The topological polar surface area (TPSA) is 146 Å². The van der Waals surface area contributed by atoms with E-state index in [0.717, 1.165) is 12.3 Å². The van der Waals surface area contributed by atoms with E-state index in [1.807, 2.05) is 0 Å². The highest BCUT2D eigenvalue weighted by atomic mass is 19.4. The molecule has 41 heavy (non-hydrogen) atoms. The van der Waals surface area contributed by atoms with Gasteiger partial charge in [-0.05, 0) is 50.8 Å². The molecule has 0 spiro atoms. The molecule has 2 fully saturated rings. The number of rotatable bonds is 9. The molecule has 1 aliphatic heterocycles. The summed E-state index contributed by atoms with van der Waals surface area (Å²) in [4.78, 5) is 66.8. The van der Waals surface area contributed by atoms with Crippen molar-refractivity contribution >= 4 is 35.1 Å². The number of amides is 4. The Bertz CT molecular complexity index is 1410. The van der Waals surface area contributed by atoms with E-state index < -0.39 is 81.7 Å². The molecule has 4 amide bonds. The fraction of sp³-hybridized carbons (Fsp3) is 0.385. The van der Waals surface area contributed by atoms with Gasteiger partial charge in [-0.1, -0.05) is 0 Å². The third-order valence-corrected chi connectivity index (χ3v) is 6.54. The van der Waals surface area contributed by atoms with Crippen molar-refractivity contribution in [3.8, 4) is 0 Å². The van der Waals surface area contributed by atoms with Gasteiger partial charge in [-0.25, -0.2) is 8.78 Å². The summed E-state index contributed by atoms with van der Waals surface area (Å²) in [6, 6.07) is 0.255. The maximum absolute atomic E-state index is 14.2. The van der Waals surface area contributed by atoms with Crippen molar-refractivity contribution in [3.63, 3.8) is 0 Å². The molecule has 1 saturated carbocycles. The Morgan fingerprint density at radius 3 is 2.37 bits per heavy atom. The van der Waals surface area contributed by atoms with Crippen molar-refractivity contribution in [2.75, 3.05) is 5.32 Å². The lowest BCUT2D eigenvalue weighted by atomic mass is 9.93. The number of carbonyl (C=O) groups excluding carboxylic acids is 5. The Kier molecular flexibility index (Phi) is 8.35. The first-order valence-electron chi connectivity index (χ1n) is 12.5. The smallest absolute Gasteiger partial charge is 0.353 e. The van der Waals surface area contributed by atoms with Gasteiger partial charge in [0.05, 0.1) is 17.3 Å². The van der Waals surface area contributed by atoms with E-state index in [-0.39, 0.29) is 18.5 Å². The normalized spacial score (nSPS) is 19.2. The average molecular weight is 581 g/mol. The second-order valence-corrected chi connectivity index (χ2v) is 9.91. The molecule has 1 aromatic heterocycles. The van der Waals surface area contributed by atoms with Crippen LogP contribution in [-0.2, 0) is 20.6 Å². The molecule has 2 heterocycles. The summed E-state index contributed by atoms with van der Waals surface area (Å²) in [6.07, 6.45) is -2.79. The minimum Gasteiger partial charge on any atom is -0.353 e. The van der Waals surface area contributed by atoms with Crippen LogP contribution < -0.4 is 21.3 Å². The van der Waals surface area contributed by atoms with Gasteiger partial charge in [0.1, 0.15) is 5.69 Å². The van der Waals surface area contributed by atoms with Gasteiger partial charge in [0, 0.05) is 35.8 Å². The van der Waals surface area contributed by atoms with Gasteiger partial charge in [-0.3, -0.25) is 29.0 Å². The minimum absolute atomic E-state index is 0.198. The summed E-state index contributed by atoms with van der Waals surface area (Å²) < 4.78 is 67.3. The zero-order valence-electron chi connectivity index (χ0n) is 21.4. The standard InChI is InChI=1S/C26H24F5N5O5/c1-11-6-13(23(39)33-11)7-19(21(37)25(41)34-14-2-3-14)36-24(40)15-9-16(27)17(28)10-18(15)35-22(38)12-4-5-32-20(8-12)26(29,30)31/h4-5,8-11,13-14,19H,2-3,6-7H2,1H3,(H,33,39)(H,34,41)(H,35,38)(H,36,40)/t11-,13+,19?/m1/s1. The first kappa shape index (κ1) is 29.6. The number of nitrogens with zero attached hydrogens (tertiary/aromatic N) is 1. The van der Waals surface area contributed by atoms with Crippen molar-refractivity contribution < 1.29 is 45.9 Å². The maximum atomic E-state index is 14.2. The molecule has 15 heteroatoms. The van der Waals surface area contributed by atoms with Gasteiger partial charge in [0.25, 0.3) is 17.7 Å². The minimum atomic E-state index is -4.87. The van der Waals surface area contributed by atoms with Crippen LogP contribution in [0.1, 0.15) is 59.0 Å². The Morgan fingerprint density at radius 2 is 1.76 bits per heavy atom. The Balaban J connectivity index is 1.60. The van der Waals surface area contributed by atoms with Gasteiger partial charge >= 0.3 is 6.18 Å². The summed E-state index contributed by atoms with van der Waals surface area (Å²) in [5.41, 5.74) is -3.25. The lowest BCUT2D eigenvalue weighted by Crippen LogP contribution is -2.49. The van der Waals surface area contributed by atoms with Crippen LogP contribution in [0.15, 0.2) is 30.5 Å². The van der Waals surface area contributed by atoms with Crippen LogP contribution >= 0.6 is 0 Å². The molecule has 1 saturated heterocycles. The number of hydrogen-bond acceptors (Lipinski definition) is 6. The summed E-state index contributed by atoms with van der Waals surface area (Å²) in [7, 11) is 0. The molecule has 0 bridgehead atoms. The zero-order valence-corrected chi connectivity index (χ0v) is 21.4. The zero-order chi connectivity index (χ0) is 30.1. The van der Waals surface area contributed by atoms with Crippen molar-refractivity contribution in [1.82, 2.24) is 20.9 Å². The van der Waals surface area contributed by atoms with Gasteiger partial charge in [0.2, 0.25) is 11.7 Å². The number of hydrogen-bond donors (Lipinski definition) is 4. The highest BCUT2D eigenvalue weighted by molar-refractivity contribution is 6.38. The molecule has 10 nitrogen and oxygen atoms in total. The summed E-state index contributed by atoms with van der Waals surface area (Å²) in [5, 5.41) is 9.49. The van der Waals surface area contributed by atoms with Gasteiger partial charge in [-0.15, -0.1) is 0 Å². The molecular weight excluding hydrogens is 557 g/mol. The molecule has 3 atom stereocenters. The molecule has 218 valence electrons. The fourth-order valence-electron chi connectivity index (χ4n) is 4.31. The van der Waals surface area contributed by atoms with E-state index in [9.17, 15) is 45.9 Å². The van der Waals surface area contributed by atoms with Crippen LogP contribution in [0.5, 0.6) is 0 Å². The Hall–Kier alpha value is -4.43. The SMILES string of the molecule is C[C@@H]1C[C@@H](CC(NC(=O)c2cc(F)c(F)cc2NC(=O)c2ccnc(C(F)(F)F)c2)C(=O)C(=O)NC2CC2)C(=O)N1. The largest absolute Gasteiger partial charge is 0.433 e. The molecule has 1 aromatic carbocycles. The highest BCUT2D eigenvalue weighted by Gasteiger charge is 2.38. The third-order valence-electron chi connectivity index (χ3n) is 6.54. The van der Waals surface area contributed by atoms with Crippen LogP contribution in [0.25, 0.3) is 0 Å². The lowest BCUT2D eigenvalue weighted by molar-refractivity contribution is -0.141. The van der Waals surface area contributed by atoms with Crippen LogP contribution in [0.3, 0.4) is 0 Å². The number of ketones is 1. The number of aromatic nitrogens is 1. The van der Waals surface area contributed by atoms with Crippen LogP contribution in [0.2, 0.25) is 0 Å². The molecule has 1 unspecified atom stereocenters. The quantitative estimate of drug-likeness (QED) is 0.265. The number of halogens is 5. The van der Waals surface area contributed by atoms with Crippen LogP contribution in [-0.4, -0.2) is 52.5 Å². The average Bonchev–Trinajstić information content (AvgIpc) is 3.66. The van der Waals surface area contributed by atoms with Crippen molar-refractivity contribution in [3.05, 3.63) is 58.9 Å². The fourth-order valence-corrected chi connectivity index (χ4v) is 4.31. The molecule has 0 radical (unpaired) electrons. The molecular formula is C26H24F5N5O5. The predicted molar refractivity (Wildman–Crippen MR) is 131 cm³/mol. The summed E-state index contributed by atoms with van der Waals surface area (Å²) >= 11 is 0. The molecule has 2 aromatic rings. The van der Waals surface area contributed by atoms with Gasteiger partial charge in [-0.2, -0.15) is 13.2 Å². The molecule has 2 aliphatic rings. The van der Waals surface area contributed by atoms with Gasteiger partial charge < -0.3 is 21.3 Å². The first-order chi connectivity index (χ1) is 19.2. The number of carbonyl (C=O) groups is 5. The second kappa shape index (κ2) is 11.6. The Morgan fingerprint density at radius 1 is 1.07 bits per heavy atom. The number of benzene rings is 1. The first-order valence-corrected chi connectivity index (χ1v) is 12.5. The van der Waals surface area contributed by atoms with Crippen LogP contribution in [0.4, 0.5) is 27.6 Å². The van der Waals surface area contributed by atoms with Crippen molar-refractivity contribution in [1.29, 1.82) is 0 Å². The molecule has 1 aliphatic carbocycles. The third kappa shape index (κ3) is 7.21. The van der Waals surface area contributed by atoms with E-state index >= 15 is 0 Å². The monoisotopic (exact) mass is 581 g/mol. The summed E-state index contributed by atoms with van der Waals surface area (Å²) in [6.45, 7) is 1.73. The number of pyridine rings is 1. The maximum Gasteiger partial charge on any atom is 0.433 e. The van der Waals surface area contributed by atoms with E-state index in [1.54, 1.807) is 6.92 Å². The van der Waals surface area contributed by atoms with E-state index in [2.05, 4.69) is 26.3 Å². The molecule has 4 rings (SSSR count). The lowest BCUT2D eigenvalue weighted by Gasteiger charge is -2.21. The second-order valence-electron chi connectivity index (χ2n) is 9.91. The number of nitrogens with one attached hydrogen (secondary N) is 4. The number of anilines is 1. The molecule has 4 N–H and O–H groups in total.